The first-order chi connectivity index (χ1) is 5.54. The average Bonchev–Trinajstić information content (AvgIpc) is 1.97. The molecule has 68 valence electrons. The van der Waals surface area contributed by atoms with Crippen LogP contribution in [0, 0.1) is 0 Å². The summed E-state index contributed by atoms with van der Waals surface area (Å²) in [5.41, 5.74) is 0.227. The van der Waals surface area contributed by atoms with Crippen LogP contribution in [0.25, 0.3) is 0 Å². The number of aliphatic carboxylic acids is 2. The van der Waals surface area contributed by atoms with Crippen molar-refractivity contribution >= 4 is 23.7 Å². The molecule has 0 fully saturated rings. The molecule has 12 heavy (non-hydrogen) atoms. The third kappa shape index (κ3) is 5.79. The van der Waals surface area contributed by atoms with Crippen LogP contribution in [-0.2, 0) is 9.59 Å². The van der Waals surface area contributed by atoms with Gasteiger partial charge in [0.05, 0.1) is 6.42 Å². The van der Waals surface area contributed by atoms with Gasteiger partial charge in [0.15, 0.2) is 0 Å². The van der Waals surface area contributed by atoms with Gasteiger partial charge in [-0.1, -0.05) is 0 Å². The molecule has 0 aliphatic carbocycles. The molecule has 0 aliphatic rings. The van der Waals surface area contributed by atoms with Gasteiger partial charge in [-0.05, 0) is 12.3 Å². The van der Waals surface area contributed by atoms with Crippen molar-refractivity contribution < 1.29 is 19.8 Å². The Balaban J connectivity index is 3.60. The molecule has 0 saturated heterocycles. The van der Waals surface area contributed by atoms with Crippen molar-refractivity contribution in [2.75, 3.05) is 5.75 Å². The second kappa shape index (κ2) is 5.65. The highest BCUT2D eigenvalue weighted by molar-refractivity contribution is 8.02. The van der Waals surface area contributed by atoms with Gasteiger partial charge >= 0.3 is 11.9 Å². The van der Waals surface area contributed by atoms with Crippen molar-refractivity contribution in [3.05, 3.63) is 11.0 Å². The molecular weight excluding hydrogens is 180 g/mol. The van der Waals surface area contributed by atoms with E-state index in [0.29, 0.717) is 5.75 Å². The van der Waals surface area contributed by atoms with Crippen molar-refractivity contribution in [3.8, 4) is 0 Å². The summed E-state index contributed by atoms with van der Waals surface area (Å²) in [5, 5.41) is 18.1. The molecule has 4 nitrogen and oxygen atoms in total. The van der Waals surface area contributed by atoms with Crippen LogP contribution in [0.2, 0.25) is 0 Å². The maximum Gasteiger partial charge on any atom is 0.331 e. The van der Waals surface area contributed by atoms with Crippen LogP contribution in [0.1, 0.15) is 13.3 Å². The molecule has 0 heterocycles. The van der Waals surface area contributed by atoms with E-state index < -0.39 is 11.9 Å². The molecule has 0 aromatic rings. The van der Waals surface area contributed by atoms with E-state index in [1.807, 2.05) is 0 Å². The lowest BCUT2D eigenvalue weighted by Gasteiger charge is -1.93. The third-order valence-corrected chi connectivity index (χ3v) is 1.99. The molecule has 0 bridgehead atoms. The first-order valence-electron chi connectivity index (χ1n) is 3.27. The summed E-state index contributed by atoms with van der Waals surface area (Å²) in [5.74, 6) is -1.44. The average molecular weight is 190 g/mol. The van der Waals surface area contributed by atoms with Crippen LogP contribution in [0.5, 0.6) is 0 Å². The van der Waals surface area contributed by atoms with Crippen LogP contribution < -0.4 is 0 Å². The first kappa shape index (κ1) is 11.0. The fourth-order valence-electron chi connectivity index (χ4n) is 0.381. The molecular formula is C7H10O4S. The van der Waals surface area contributed by atoms with Crippen LogP contribution in [0.4, 0.5) is 0 Å². The number of rotatable bonds is 5. The molecule has 0 amide bonds. The summed E-state index contributed by atoms with van der Waals surface area (Å²) >= 11 is 1.19. The lowest BCUT2D eigenvalue weighted by Crippen LogP contribution is -1.97. The quantitative estimate of drug-likeness (QED) is 0.503. The molecule has 0 aromatic heterocycles. The molecule has 5 heteroatoms. The first-order valence-corrected chi connectivity index (χ1v) is 4.32. The van der Waals surface area contributed by atoms with E-state index in [2.05, 4.69) is 0 Å². The molecule has 0 atom stereocenters. The highest BCUT2D eigenvalue weighted by atomic mass is 32.2. The van der Waals surface area contributed by atoms with Gasteiger partial charge in [-0.2, -0.15) is 0 Å². The van der Waals surface area contributed by atoms with E-state index in [0.717, 1.165) is 0 Å². The van der Waals surface area contributed by atoms with Gasteiger partial charge in [0.25, 0.3) is 0 Å². The van der Waals surface area contributed by atoms with E-state index in [-0.39, 0.29) is 12.0 Å². The largest absolute Gasteiger partial charge is 0.481 e. The Morgan fingerprint density at radius 3 is 2.42 bits per heavy atom. The van der Waals surface area contributed by atoms with Gasteiger partial charge < -0.3 is 10.2 Å². The summed E-state index contributed by atoms with van der Waals surface area (Å²) < 4.78 is 0. The Morgan fingerprint density at radius 2 is 2.00 bits per heavy atom. The fourth-order valence-corrected chi connectivity index (χ4v) is 1.14. The number of thioether (sulfide) groups is 1. The summed E-state index contributed by atoms with van der Waals surface area (Å²) in [7, 11) is 0. The predicted octanol–water partition coefficient (Wildman–Crippen LogP) is 1.18. The zero-order valence-electron chi connectivity index (χ0n) is 6.61. The summed E-state index contributed by atoms with van der Waals surface area (Å²) in [4.78, 5) is 20.3. The lowest BCUT2D eigenvalue weighted by molar-refractivity contribution is -0.136. The SMILES string of the molecule is CC(=CSCCC(=O)O)C(=O)O. The fraction of sp³-hybridized carbons (Fsp3) is 0.429. The number of hydrogen-bond donors (Lipinski definition) is 2. The smallest absolute Gasteiger partial charge is 0.331 e. The maximum atomic E-state index is 10.2. The number of carboxylic acids is 2. The maximum absolute atomic E-state index is 10.2. The van der Waals surface area contributed by atoms with Gasteiger partial charge in [-0.15, -0.1) is 11.8 Å². The zero-order valence-corrected chi connectivity index (χ0v) is 7.43. The van der Waals surface area contributed by atoms with E-state index >= 15 is 0 Å². The molecule has 0 saturated carbocycles. The minimum absolute atomic E-state index is 0.0497. The van der Waals surface area contributed by atoms with Crippen LogP contribution in [0.3, 0.4) is 0 Å². The molecule has 0 radical (unpaired) electrons. The van der Waals surface area contributed by atoms with Gasteiger partial charge in [0.2, 0.25) is 0 Å². The Bertz CT molecular complexity index is 209. The van der Waals surface area contributed by atoms with Crippen molar-refractivity contribution in [2.45, 2.75) is 13.3 Å². The second-order valence-corrected chi connectivity index (χ2v) is 3.10. The highest BCUT2D eigenvalue weighted by Gasteiger charge is 1.99. The van der Waals surface area contributed by atoms with E-state index in [4.69, 9.17) is 10.2 Å². The standard InChI is InChI=1S/C7H10O4S/c1-5(7(10)11)4-12-3-2-6(8)9/h4H,2-3H2,1H3,(H,8,9)(H,10,11). The van der Waals surface area contributed by atoms with E-state index in [1.54, 1.807) is 0 Å². The Labute approximate surface area is 74.3 Å². The van der Waals surface area contributed by atoms with Crippen LogP contribution in [0.15, 0.2) is 11.0 Å². The Morgan fingerprint density at radius 1 is 1.42 bits per heavy atom. The van der Waals surface area contributed by atoms with Crippen molar-refractivity contribution in [2.24, 2.45) is 0 Å². The summed E-state index contributed by atoms with van der Waals surface area (Å²) in [6, 6.07) is 0. The van der Waals surface area contributed by atoms with Crippen molar-refractivity contribution in [1.82, 2.24) is 0 Å². The zero-order chi connectivity index (χ0) is 9.56. The van der Waals surface area contributed by atoms with E-state index in [1.165, 1.54) is 24.1 Å². The van der Waals surface area contributed by atoms with Crippen LogP contribution >= 0.6 is 11.8 Å². The topological polar surface area (TPSA) is 74.6 Å². The van der Waals surface area contributed by atoms with Gasteiger partial charge in [0.1, 0.15) is 0 Å². The third-order valence-electron chi connectivity index (χ3n) is 1.03. The number of carbonyl (C=O) groups is 2. The lowest BCUT2D eigenvalue weighted by atomic mass is 10.4. The highest BCUT2D eigenvalue weighted by Crippen LogP contribution is 2.08. The summed E-state index contributed by atoms with van der Waals surface area (Å²) in [6.45, 7) is 1.47. The van der Waals surface area contributed by atoms with Crippen molar-refractivity contribution in [3.63, 3.8) is 0 Å². The minimum Gasteiger partial charge on any atom is -0.481 e. The van der Waals surface area contributed by atoms with Crippen molar-refractivity contribution in [1.29, 1.82) is 0 Å². The van der Waals surface area contributed by atoms with E-state index in [9.17, 15) is 9.59 Å². The summed E-state index contributed by atoms with van der Waals surface area (Å²) in [6.07, 6.45) is 0.0497. The number of carboxylic acid groups (broad SMARTS) is 2. The predicted molar refractivity (Wildman–Crippen MR) is 46.1 cm³/mol. The van der Waals surface area contributed by atoms with Gasteiger partial charge in [-0.25, -0.2) is 4.79 Å². The molecule has 0 rings (SSSR count). The van der Waals surface area contributed by atoms with Crippen LogP contribution in [-0.4, -0.2) is 27.9 Å². The molecule has 0 aliphatic heterocycles. The number of hydrogen-bond acceptors (Lipinski definition) is 3. The second-order valence-electron chi connectivity index (χ2n) is 2.12. The molecule has 2 N–H and O–H groups in total. The monoisotopic (exact) mass is 190 g/mol. The Kier molecular flexibility index (Phi) is 5.19. The molecule has 0 spiro atoms. The molecule has 0 unspecified atom stereocenters. The van der Waals surface area contributed by atoms with Gasteiger partial charge in [-0.3, -0.25) is 4.79 Å². The van der Waals surface area contributed by atoms with Gasteiger partial charge in [0, 0.05) is 11.3 Å². The normalized spacial score (nSPS) is 11.2. The molecule has 0 aromatic carbocycles. The Hall–Kier alpha value is -0.970. The minimum atomic E-state index is -0.974.